The van der Waals surface area contributed by atoms with Crippen molar-refractivity contribution in [2.24, 2.45) is 5.92 Å². The molecule has 0 aromatic heterocycles. The minimum Gasteiger partial charge on any atom is -0.312 e. The molecule has 2 aliphatic rings. The summed E-state index contributed by atoms with van der Waals surface area (Å²) in [4.78, 5) is 16.5. The van der Waals surface area contributed by atoms with Crippen molar-refractivity contribution < 1.29 is 4.79 Å². The van der Waals surface area contributed by atoms with Gasteiger partial charge in [0.05, 0.1) is 0 Å². The van der Waals surface area contributed by atoms with Crippen LogP contribution in [0.15, 0.2) is 24.3 Å². The van der Waals surface area contributed by atoms with Crippen LogP contribution in [-0.4, -0.2) is 35.8 Å². The summed E-state index contributed by atoms with van der Waals surface area (Å²) in [5.41, 5.74) is 2.40. The number of benzene rings is 1. The molecular weight excluding hydrogens is 328 g/mol. The molecule has 0 radical (unpaired) electrons. The Labute approximate surface area is 135 Å². The van der Waals surface area contributed by atoms with Gasteiger partial charge in [-0.25, -0.2) is 0 Å². The molecule has 21 heavy (non-hydrogen) atoms. The largest absolute Gasteiger partial charge is 0.312 e. The zero-order valence-electron chi connectivity index (χ0n) is 12.4. The molecule has 0 N–H and O–H groups in total. The number of carbonyl (C=O) groups is 1. The summed E-state index contributed by atoms with van der Waals surface area (Å²) < 4.78 is 0. The van der Waals surface area contributed by atoms with E-state index in [1.54, 1.807) is 0 Å². The average Bonchev–Trinajstić information content (AvgIpc) is 2.90. The molecule has 0 aliphatic carbocycles. The van der Waals surface area contributed by atoms with E-state index in [2.05, 4.69) is 45.1 Å². The van der Waals surface area contributed by atoms with Crippen LogP contribution in [0.2, 0.25) is 0 Å². The van der Waals surface area contributed by atoms with Gasteiger partial charge in [-0.05, 0) is 49.5 Å². The average molecular weight is 351 g/mol. The normalized spacial score (nSPS) is 23.8. The van der Waals surface area contributed by atoms with Crippen LogP contribution in [0.5, 0.6) is 0 Å². The zero-order chi connectivity index (χ0) is 14.7. The molecule has 1 atom stereocenters. The van der Waals surface area contributed by atoms with E-state index in [0.29, 0.717) is 12.3 Å². The number of nitrogens with zero attached hydrogens (tertiary/aromatic N) is 2. The second-order valence-electron chi connectivity index (χ2n) is 6.23. The second-order valence-corrected chi connectivity index (χ2v) is 6.88. The smallest absolute Gasteiger partial charge is 0.227 e. The van der Waals surface area contributed by atoms with E-state index < -0.39 is 0 Å². The summed E-state index contributed by atoms with van der Waals surface area (Å²) in [6, 6.07) is 8.57. The summed E-state index contributed by atoms with van der Waals surface area (Å²) in [6.07, 6.45) is 4.70. The maximum absolute atomic E-state index is 12.0. The lowest BCUT2D eigenvalue weighted by Gasteiger charge is -2.26. The van der Waals surface area contributed by atoms with Crippen LogP contribution in [0.25, 0.3) is 0 Å². The second kappa shape index (κ2) is 6.93. The van der Waals surface area contributed by atoms with E-state index in [1.807, 2.05) is 4.90 Å². The molecule has 3 nitrogen and oxygen atoms in total. The zero-order valence-corrected chi connectivity index (χ0v) is 14.0. The Balaban J connectivity index is 1.62. The quantitative estimate of drug-likeness (QED) is 0.776. The van der Waals surface area contributed by atoms with Gasteiger partial charge in [-0.1, -0.05) is 34.5 Å². The monoisotopic (exact) mass is 350 g/mol. The van der Waals surface area contributed by atoms with Gasteiger partial charge in [0.25, 0.3) is 0 Å². The summed E-state index contributed by atoms with van der Waals surface area (Å²) in [5.74, 6) is 0.703. The third-order valence-electron chi connectivity index (χ3n) is 4.53. The first kappa shape index (κ1) is 15.0. The molecule has 2 aliphatic heterocycles. The van der Waals surface area contributed by atoms with E-state index in [4.69, 9.17) is 0 Å². The van der Waals surface area contributed by atoms with Crippen molar-refractivity contribution in [3.05, 3.63) is 29.8 Å². The molecule has 1 aromatic rings. The van der Waals surface area contributed by atoms with Gasteiger partial charge in [0, 0.05) is 30.5 Å². The first-order chi connectivity index (χ1) is 10.3. The molecule has 2 saturated heterocycles. The fourth-order valence-electron chi connectivity index (χ4n) is 3.29. The maximum atomic E-state index is 12.0. The number of halogens is 1. The van der Waals surface area contributed by atoms with E-state index in [9.17, 15) is 4.79 Å². The standard InChI is InChI=1S/C17H23BrN2O/c18-11-15-10-17(21)20(13-15)16-6-4-14(5-7-16)12-19-8-2-1-3-9-19/h4-7,15H,1-3,8-13H2. The Morgan fingerprint density at radius 1 is 1.10 bits per heavy atom. The number of anilines is 1. The topological polar surface area (TPSA) is 23.6 Å². The van der Waals surface area contributed by atoms with E-state index in [-0.39, 0.29) is 5.91 Å². The first-order valence-electron chi connectivity index (χ1n) is 7.94. The number of alkyl halides is 1. The predicted octanol–water partition coefficient (Wildman–Crippen LogP) is 3.42. The highest BCUT2D eigenvalue weighted by atomic mass is 79.9. The van der Waals surface area contributed by atoms with Crippen molar-refractivity contribution in [1.29, 1.82) is 0 Å². The van der Waals surface area contributed by atoms with Crippen molar-refractivity contribution >= 4 is 27.5 Å². The van der Waals surface area contributed by atoms with Gasteiger partial charge in [0.1, 0.15) is 0 Å². The van der Waals surface area contributed by atoms with E-state index in [1.165, 1.54) is 37.9 Å². The van der Waals surface area contributed by atoms with Crippen LogP contribution in [0.3, 0.4) is 0 Å². The van der Waals surface area contributed by atoms with Crippen LogP contribution in [0.4, 0.5) is 5.69 Å². The van der Waals surface area contributed by atoms with Gasteiger partial charge in [-0.15, -0.1) is 0 Å². The maximum Gasteiger partial charge on any atom is 0.227 e. The van der Waals surface area contributed by atoms with Crippen molar-refractivity contribution in [3.63, 3.8) is 0 Å². The Hall–Kier alpha value is -0.870. The van der Waals surface area contributed by atoms with Crippen LogP contribution in [0.1, 0.15) is 31.2 Å². The van der Waals surface area contributed by atoms with Gasteiger partial charge in [0.2, 0.25) is 5.91 Å². The fraction of sp³-hybridized carbons (Fsp3) is 0.588. The first-order valence-corrected chi connectivity index (χ1v) is 9.06. The minimum absolute atomic E-state index is 0.253. The lowest BCUT2D eigenvalue weighted by molar-refractivity contribution is -0.117. The van der Waals surface area contributed by atoms with E-state index >= 15 is 0 Å². The molecule has 2 fully saturated rings. The molecule has 0 bridgehead atoms. The molecule has 114 valence electrons. The van der Waals surface area contributed by atoms with Crippen LogP contribution in [0, 0.1) is 5.92 Å². The number of carbonyl (C=O) groups excluding carboxylic acids is 1. The molecule has 4 heteroatoms. The Morgan fingerprint density at radius 3 is 2.43 bits per heavy atom. The van der Waals surface area contributed by atoms with Crippen molar-refractivity contribution in [2.45, 2.75) is 32.2 Å². The number of hydrogen-bond donors (Lipinski definition) is 0. The summed E-state index contributed by atoms with van der Waals surface area (Å²) in [6.45, 7) is 4.33. The Morgan fingerprint density at radius 2 is 1.81 bits per heavy atom. The molecule has 0 spiro atoms. The number of piperidine rings is 1. The fourth-order valence-corrected chi connectivity index (χ4v) is 3.73. The number of hydrogen-bond acceptors (Lipinski definition) is 2. The third kappa shape index (κ3) is 3.67. The summed E-state index contributed by atoms with van der Waals surface area (Å²) in [7, 11) is 0. The van der Waals surface area contributed by atoms with E-state index in [0.717, 1.165) is 24.1 Å². The molecule has 3 rings (SSSR count). The van der Waals surface area contributed by atoms with Gasteiger partial charge in [-0.3, -0.25) is 9.69 Å². The number of likely N-dealkylation sites (tertiary alicyclic amines) is 1. The Kier molecular flexibility index (Phi) is 4.96. The van der Waals surface area contributed by atoms with Gasteiger partial charge < -0.3 is 4.90 Å². The van der Waals surface area contributed by atoms with Crippen LogP contribution >= 0.6 is 15.9 Å². The minimum atomic E-state index is 0.253. The van der Waals surface area contributed by atoms with Crippen LogP contribution < -0.4 is 4.90 Å². The molecule has 2 heterocycles. The lowest BCUT2D eigenvalue weighted by Crippen LogP contribution is -2.29. The highest BCUT2D eigenvalue weighted by Gasteiger charge is 2.29. The SMILES string of the molecule is O=C1CC(CBr)CN1c1ccc(CN2CCCCC2)cc1. The summed E-state index contributed by atoms with van der Waals surface area (Å²) >= 11 is 3.49. The highest BCUT2D eigenvalue weighted by Crippen LogP contribution is 2.26. The molecular formula is C17H23BrN2O. The van der Waals surface area contributed by atoms with Crippen molar-refractivity contribution in [3.8, 4) is 0 Å². The van der Waals surface area contributed by atoms with Gasteiger partial charge in [-0.2, -0.15) is 0 Å². The Bertz CT molecular complexity index is 482. The molecule has 1 aromatic carbocycles. The van der Waals surface area contributed by atoms with Gasteiger partial charge >= 0.3 is 0 Å². The lowest BCUT2D eigenvalue weighted by atomic mass is 10.1. The summed E-state index contributed by atoms with van der Waals surface area (Å²) in [5, 5.41) is 0.905. The van der Waals surface area contributed by atoms with Crippen LogP contribution in [-0.2, 0) is 11.3 Å². The number of amides is 1. The molecule has 1 amide bonds. The molecule has 1 unspecified atom stereocenters. The number of rotatable bonds is 4. The highest BCUT2D eigenvalue weighted by molar-refractivity contribution is 9.09. The third-order valence-corrected chi connectivity index (χ3v) is 5.44. The predicted molar refractivity (Wildman–Crippen MR) is 89.8 cm³/mol. The van der Waals surface area contributed by atoms with Crippen molar-refractivity contribution in [1.82, 2.24) is 4.90 Å². The molecule has 0 saturated carbocycles. The van der Waals surface area contributed by atoms with Gasteiger partial charge in [0.15, 0.2) is 0 Å². The van der Waals surface area contributed by atoms with Crippen molar-refractivity contribution in [2.75, 3.05) is 29.9 Å².